The van der Waals surface area contributed by atoms with Crippen LogP contribution < -0.4 is 4.74 Å². The van der Waals surface area contributed by atoms with E-state index in [1.165, 1.54) is 5.56 Å². The Bertz CT molecular complexity index is 919. The van der Waals surface area contributed by atoms with Crippen LogP contribution in [-0.2, 0) is 9.53 Å². The number of cyclic esters (lactones) is 1. The van der Waals surface area contributed by atoms with E-state index in [-0.39, 0.29) is 11.6 Å². The first-order valence-electron chi connectivity index (χ1n) is 8.23. The van der Waals surface area contributed by atoms with E-state index in [0.717, 1.165) is 16.9 Å². The molecule has 0 bridgehead atoms. The zero-order chi connectivity index (χ0) is 18.4. The first-order chi connectivity index (χ1) is 12.7. The van der Waals surface area contributed by atoms with Gasteiger partial charge in [-0.3, -0.25) is 0 Å². The number of rotatable bonds is 5. The van der Waals surface area contributed by atoms with Crippen LogP contribution in [0.4, 0.5) is 0 Å². The van der Waals surface area contributed by atoms with Gasteiger partial charge < -0.3 is 9.47 Å². The summed E-state index contributed by atoms with van der Waals surface area (Å²) < 4.78 is 10.5. The van der Waals surface area contributed by atoms with Gasteiger partial charge in [0.25, 0.3) is 0 Å². The molecule has 0 fully saturated rings. The number of aryl methyl sites for hydroxylation is 1. The second kappa shape index (κ2) is 8.12. The lowest BCUT2D eigenvalue weighted by Gasteiger charge is -2.02. The lowest BCUT2D eigenvalue weighted by atomic mass is 10.1. The Morgan fingerprint density at radius 3 is 2.54 bits per heavy atom. The molecule has 0 N–H and O–H groups in total. The van der Waals surface area contributed by atoms with Crippen LogP contribution in [0.3, 0.4) is 0 Å². The SMILES string of the molecule is COc1ccccc1/C=C/C=C1N=C(/C=C/c2ccc(C)cc2)OC\1=O. The van der Waals surface area contributed by atoms with Gasteiger partial charge in [0, 0.05) is 11.6 Å². The molecule has 1 aliphatic heterocycles. The van der Waals surface area contributed by atoms with Crippen molar-refractivity contribution < 1.29 is 14.3 Å². The summed E-state index contributed by atoms with van der Waals surface area (Å²) in [6, 6.07) is 15.7. The van der Waals surface area contributed by atoms with Crippen molar-refractivity contribution in [2.45, 2.75) is 6.92 Å². The number of benzene rings is 2. The fraction of sp³-hybridized carbons (Fsp3) is 0.0909. The van der Waals surface area contributed by atoms with Gasteiger partial charge in [-0.25, -0.2) is 9.79 Å². The number of aliphatic imine (C=N–C) groups is 1. The maximum absolute atomic E-state index is 11.9. The average molecular weight is 345 g/mol. The zero-order valence-electron chi connectivity index (χ0n) is 14.7. The molecular formula is C22H19NO3. The summed E-state index contributed by atoms with van der Waals surface area (Å²) >= 11 is 0. The fourth-order valence-electron chi connectivity index (χ4n) is 2.40. The summed E-state index contributed by atoms with van der Waals surface area (Å²) in [7, 11) is 1.62. The molecular weight excluding hydrogens is 326 g/mol. The molecule has 0 radical (unpaired) electrons. The molecule has 0 aliphatic carbocycles. The highest BCUT2D eigenvalue weighted by Crippen LogP contribution is 2.19. The first-order valence-corrected chi connectivity index (χ1v) is 8.23. The monoisotopic (exact) mass is 345 g/mol. The van der Waals surface area contributed by atoms with Crippen LogP contribution >= 0.6 is 0 Å². The number of ether oxygens (including phenoxy) is 2. The fourth-order valence-corrected chi connectivity index (χ4v) is 2.40. The molecule has 0 amide bonds. The third-order valence-electron chi connectivity index (χ3n) is 3.80. The van der Waals surface area contributed by atoms with Crippen LogP contribution in [0.2, 0.25) is 0 Å². The number of hydrogen-bond donors (Lipinski definition) is 0. The standard InChI is InChI=1S/C22H19NO3/c1-16-10-12-17(13-11-16)14-15-21-23-19(22(24)26-21)8-5-7-18-6-3-4-9-20(18)25-2/h3-15H,1-2H3/b7-5+,15-14+,19-8-. The van der Waals surface area contributed by atoms with Crippen molar-refractivity contribution in [2.24, 2.45) is 4.99 Å². The second-order valence-corrected chi connectivity index (χ2v) is 5.74. The number of allylic oxidation sites excluding steroid dienone is 2. The molecule has 0 saturated carbocycles. The number of esters is 1. The van der Waals surface area contributed by atoms with E-state index in [0.29, 0.717) is 0 Å². The van der Waals surface area contributed by atoms with Crippen molar-refractivity contribution in [2.75, 3.05) is 7.11 Å². The molecule has 4 heteroatoms. The average Bonchev–Trinajstić information content (AvgIpc) is 3.01. The minimum Gasteiger partial charge on any atom is -0.496 e. The van der Waals surface area contributed by atoms with E-state index in [9.17, 15) is 4.79 Å². The molecule has 2 aromatic rings. The lowest BCUT2D eigenvalue weighted by Crippen LogP contribution is -2.00. The summed E-state index contributed by atoms with van der Waals surface area (Å²) in [5, 5.41) is 0. The normalized spacial score (nSPS) is 15.7. The van der Waals surface area contributed by atoms with E-state index in [2.05, 4.69) is 4.99 Å². The predicted molar refractivity (Wildman–Crippen MR) is 104 cm³/mol. The van der Waals surface area contributed by atoms with Gasteiger partial charge >= 0.3 is 5.97 Å². The predicted octanol–water partition coefficient (Wildman–Crippen LogP) is 4.57. The van der Waals surface area contributed by atoms with Gasteiger partial charge in [-0.15, -0.1) is 0 Å². The number of methoxy groups -OCH3 is 1. The minimum absolute atomic E-state index is 0.264. The van der Waals surface area contributed by atoms with Crippen molar-refractivity contribution in [1.29, 1.82) is 0 Å². The molecule has 0 saturated heterocycles. The van der Waals surface area contributed by atoms with Gasteiger partial charge in [0.2, 0.25) is 5.90 Å². The quantitative estimate of drug-likeness (QED) is 0.589. The molecule has 1 aliphatic rings. The highest BCUT2D eigenvalue weighted by molar-refractivity contribution is 6.09. The Morgan fingerprint density at radius 2 is 1.77 bits per heavy atom. The Labute approximate surface area is 152 Å². The van der Waals surface area contributed by atoms with Crippen LogP contribution in [0.15, 0.2) is 77.4 Å². The van der Waals surface area contributed by atoms with Crippen LogP contribution in [0.5, 0.6) is 5.75 Å². The third kappa shape index (κ3) is 4.36. The topological polar surface area (TPSA) is 47.9 Å². The summed E-state index contributed by atoms with van der Waals surface area (Å²) in [6.07, 6.45) is 8.79. The molecule has 2 aromatic carbocycles. The molecule has 0 aromatic heterocycles. The molecule has 130 valence electrons. The van der Waals surface area contributed by atoms with E-state index in [4.69, 9.17) is 9.47 Å². The van der Waals surface area contributed by atoms with Crippen molar-refractivity contribution in [1.82, 2.24) is 0 Å². The van der Waals surface area contributed by atoms with E-state index in [1.54, 1.807) is 25.3 Å². The van der Waals surface area contributed by atoms with Gasteiger partial charge in [0.05, 0.1) is 7.11 Å². The summed E-state index contributed by atoms with van der Waals surface area (Å²) in [5.41, 5.74) is 3.39. The molecule has 4 nitrogen and oxygen atoms in total. The number of hydrogen-bond acceptors (Lipinski definition) is 4. The van der Waals surface area contributed by atoms with Gasteiger partial charge in [-0.2, -0.15) is 0 Å². The van der Waals surface area contributed by atoms with E-state index in [1.807, 2.05) is 67.6 Å². The van der Waals surface area contributed by atoms with E-state index >= 15 is 0 Å². The highest BCUT2D eigenvalue weighted by Gasteiger charge is 2.20. The lowest BCUT2D eigenvalue weighted by molar-refractivity contribution is -0.129. The maximum atomic E-state index is 11.9. The number of nitrogens with zero attached hydrogens (tertiary/aromatic N) is 1. The van der Waals surface area contributed by atoms with Crippen molar-refractivity contribution in [3.8, 4) is 5.75 Å². The largest absolute Gasteiger partial charge is 0.496 e. The molecule has 0 atom stereocenters. The summed E-state index contributed by atoms with van der Waals surface area (Å²) in [4.78, 5) is 16.1. The van der Waals surface area contributed by atoms with Crippen molar-refractivity contribution in [3.63, 3.8) is 0 Å². The smallest absolute Gasteiger partial charge is 0.363 e. The van der Waals surface area contributed by atoms with Crippen LogP contribution in [-0.4, -0.2) is 19.0 Å². The Morgan fingerprint density at radius 1 is 1.00 bits per heavy atom. The van der Waals surface area contributed by atoms with Gasteiger partial charge in [-0.05, 0) is 30.7 Å². The molecule has 3 rings (SSSR count). The molecule has 0 spiro atoms. The molecule has 26 heavy (non-hydrogen) atoms. The van der Waals surface area contributed by atoms with Crippen LogP contribution in [0, 0.1) is 6.92 Å². The Hall–Kier alpha value is -3.40. The third-order valence-corrected chi connectivity index (χ3v) is 3.80. The number of para-hydroxylation sites is 1. The van der Waals surface area contributed by atoms with Crippen molar-refractivity contribution in [3.05, 3.63) is 89.1 Å². The first kappa shape index (κ1) is 17.4. The summed E-state index contributed by atoms with van der Waals surface area (Å²) in [6.45, 7) is 2.03. The Balaban J connectivity index is 1.72. The van der Waals surface area contributed by atoms with Crippen LogP contribution in [0.25, 0.3) is 12.2 Å². The number of carbonyl (C=O) groups is 1. The zero-order valence-corrected chi connectivity index (χ0v) is 14.7. The minimum atomic E-state index is -0.460. The Kier molecular flexibility index (Phi) is 5.44. The molecule has 1 heterocycles. The second-order valence-electron chi connectivity index (χ2n) is 5.74. The highest BCUT2D eigenvalue weighted by atomic mass is 16.6. The number of carbonyl (C=O) groups excluding carboxylic acids is 1. The maximum Gasteiger partial charge on any atom is 0.363 e. The molecule has 0 unspecified atom stereocenters. The van der Waals surface area contributed by atoms with Crippen LogP contribution in [0.1, 0.15) is 16.7 Å². The van der Waals surface area contributed by atoms with Gasteiger partial charge in [0.15, 0.2) is 5.70 Å². The van der Waals surface area contributed by atoms with Gasteiger partial charge in [-0.1, -0.05) is 60.2 Å². The van der Waals surface area contributed by atoms with Crippen molar-refractivity contribution >= 4 is 24.0 Å². The van der Waals surface area contributed by atoms with E-state index < -0.39 is 5.97 Å². The summed E-state index contributed by atoms with van der Waals surface area (Å²) in [5.74, 6) is 0.590. The van der Waals surface area contributed by atoms with Gasteiger partial charge in [0.1, 0.15) is 5.75 Å².